The average molecular weight is 280 g/mol. The van der Waals surface area contributed by atoms with Gasteiger partial charge < -0.3 is 0 Å². The molecule has 0 aliphatic rings. The summed E-state index contributed by atoms with van der Waals surface area (Å²) in [7, 11) is 0. The molecule has 0 fully saturated rings. The van der Waals surface area contributed by atoms with E-state index < -0.39 is 0 Å². The summed E-state index contributed by atoms with van der Waals surface area (Å²) in [6.07, 6.45) is 19.5. The predicted molar refractivity (Wildman–Crippen MR) is 94.0 cm³/mol. The van der Waals surface area contributed by atoms with Gasteiger partial charge in [-0.1, -0.05) is 78.4 Å². The Bertz CT molecular complexity index is 228. The lowest BCUT2D eigenvalue weighted by molar-refractivity contribution is 0.224. The van der Waals surface area contributed by atoms with Gasteiger partial charge in [-0.05, 0) is 50.4 Å². The van der Waals surface area contributed by atoms with Crippen molar-refractivity contribution in [1.29, 1.82) is 0 Å². The van der Waals surface area contributed by atoms with Crippen LogP contribution in [0.25, 0.3) is 0 Å². The summed E-state index contributed by atoms with van der Waals surface area (Å²) in [6.45, 7) is 11.5. The van der Waals surface area contributed by atoms with Gasteiger partial charge in [0.2, 0.25) is 0 Å². The third-order valence-corrected chi connectivity index (χ3v) is 4.62. The second-order valence-electron chi connectivity index (χ2n) is 6.36. The van der Waals surface area contributed by atoms with E-state index in [1.807, 2.05) is 5.92 Å². The van der Waals surface area contributed by atoms with Gasteiger partial charge in [0.1, 0.15) is 0 Å². The van der Waals surface area contributed by atoms with Crippen molar-refractivity contribution in [2.75, 3.05) is 0 Å². The molecule has 0 bridgehead atoms. The van der Waals surface area contributed by atoms with Gasteiger partial charge in [-0.2, -0.15) is 0 Å². The van der Waals surface area contributed by atoms with Crippen molar-refractivity contribution < 1.29 is 0 Å². The van der Waals surface area contributed by atoms with Crippen LogP contribution < -0.4 is 0 Å². The summed E-state index contributed by atoms with van der Waals surface area (Å²) in [4.78, 5) is 0. The fraction of sp³-hybridized carbons (Fsp3) is 0.850. The maximum absolute atomic E-state index is 2.42. The standard InChI is InChI=1S/C20H39/c1-6-11-15-19(14-9-4)20(16-10-5,17-12-7-2)18-13-8-3/h7,12H,6,8-11,13-18H2,1-5H3. The van der Waals surface area contributed by atoms with E-state index in [4.69, 9.17) is 0 Å². The molecule has 0 aromatic heterocycles. The highest BCUT2D eigenvalue weighted by Gasteiger charge is 2.35. The van der Waals surface area contributed by atoms with Crippen LogP contribution in [0, 0.1) is 11.3 Å². The lowest BCUT2D eigenvalue weighted by Crippen LogP contribution is -2.29. The minimum absolute atomic E-state index is 0.502. The number of unbranched alkanes of at least 4 members (excludes halogenated alkanes) is 2. The summed E-state index contributed by atoms with van der Waals surface area (Å²) >= 11 is 0. The van der Waals surface area contributed by atoms with Gasteiger partial charge in [-0.25, -0.2) is 0 Å². The quantitative estimate of drug-likeness (QED) is 0.306. The molecule has 1 radical (unpaired) electrons. The number of allylic oxidation sites excluding steroid dienone is 2. The van der Waals surface area contributed by atoms with Gasteiger partial charge in [-0.3, -0.25) is 0 Å². The minimum Gasteiger partial charge on any atom is -0.0916 e. The van der Waals surface area contributed by atoms with Gasteiger partial charge in [0, 0.05) is 0 Å². The van der Waals surface area contributed by atoms with Crippen LogP contribution in [0.5, 0.6) is 0 Å². The molecule has 0 amide bonds. The zero-order valence-corrected chi connectivity index (χ0v) is 14.9. The molecule has 0 aromatic rings. The second kappa shape index (κ2) is 12.5. The molecule has 0 saturated heterocycles. The summed E-state index contributed by atoms with van der Waals surface area (Å²) in [5, 5.41) is 0. The summed E-state index contributed by atoms with van der Waals surface area (Å²) in [5.41, 5.74) is 0.502. The molecule has 0 spiro atoms. The first-order valence-electron chi connectivity index (χ1n) is 9.17. The van der Waals surface area contributed by atoms with E-state index in [-0.39, 0.29) is 0 Å². The van der Waals surface area contributed by atoms with Gasteiger partial charge in [-0.15, -0.1) is 0 Å². The van der Waals surface area contributed by atoms with Gasteiger partial charge >= 0.3 is 0 Å². The molecular formula is C20H39. The monoisotopic (exact) mass is 279 g/mol. The Morgan fingerprint density at radius 2 is 1.50 bits per heavy atom. The van der Waals surface area contributed by atoms with E-state index in [0.29, 0.717) is 5.41 Å². The Labute approximate surface area is 129 Å². The molecule has 0 aliphatic heterocycles. The van der Waals surface area contributed by atoms with Crippen LogP contribution in [-0.2, 0) is 0 Å². The van der Waals surface area contributed by atoms with E-state index in [1.165, 1.54) is 70.6 Å². The van der Waals surface area contributed by atoms with E-state index in [1.54, 1.807) is 0 Å². The molecule has 1 atom stereocenters. The fourth-order valence-electron chi connectivity index (χ4n) is 3.51. The van der Waals surface area contributed by atoms with Crippen molar-refractivity contribution >= 4 is 0 Å². The molecule has 1 unspecified atom stereocenters. The average Bonchev–Trinajstić information content (AvgIpc) is 2.46. The second-order valence-corrected chi connectivity index (χ2v) is 6.36. The van der Waals surface area contributed by atoms with Crippen LogP contribution >= 0.6 is 0 Å². The Hall–Kier alpha value is -0.260. The van der Waals surface area contributed by atoms with E-state index in [2.05, 4.69) is 46.8 Å². The molecule has 0 saturated carbocycles. The highest BCUT2D eigenvalue weighted by molar-refractivity contribution is 5.09. The predicted octanol–water partition coefficient (Wildman–Crippen LogP) is 7.49. The number of hydrogen-bond acceptors (Lipinski definition) is 0. The third-order valence-electron chi connectivity index (χ3n) is 4.62. The largest absolute Gasteiger partial charge is 0.0916 e. The van der Waals surface area contributed by atoms with Crippen LogP contribution in [0.4, 0.5) is 0 Å². The van der Waals surface area contributed by atoms with E-state index in [0.717, 1.165) is 0 Å². The summed E-state index contributed by atoms with van der Waals surface area (Å²) in [5.74, 6) is 1.88. The molecule has 0 heterocycles. The molecule has 0 heteroatoms. The van der Waals surface area contributed by atoms with Gasteiger partial charge in [0.15, 0.2) is 0 Å². The molecular weight excluding hydrogens is 240 g/mol. The van der Waals surface area contributed by atoms with Crippen molar-refractivity contribution in [3.63, 3.8) is 0 Å². The summed E-state index contributed by atoms with van der Waals surface area (Å²) < 4.78 is 0. The highest BCUT2D eigenvalue weighted by atomic mass is 14.4. The molecule has 0 N–H and O–H groups in total. The molecule has 119 valence electrons. The lowest BCUT2D eigenvalue weighted by Gasteiger charge is -2.41. The molecule has 0 nitrogen and oxygen atoms in total. The maximum atomic E-state index is 2.42. The smallest absolute Gasteiger partial charge is 0.0176 e. The van der Waals surface area contributed by atoms with Crippen LogP contribution in [-0.4, -0.2) is 0 Å². The molecule has 0 rings (SSSR count). The van der Waals surface area contributed by atoms with Crippen molar-refractivity contribution in [2.45, 2.75) is 105 Å². The molecule has 0 aliphatic carbocycles. The van der Waals surface area contributed by atoms with Crippen LogP contribution in [0.1, 0.15) is 105 Å². The normalized spacial score (nSPS) is 15.1. The van der Waals surface area contributed by atoms with Crippen molar-refractivity contribution in [2.24, 2.45) is 5.41 Å². The molecule has 20 heavy (non-hydrogen) atoms. The highest BCUT2D eigenvalue weighted by Crippen LogP contribution is 2.47. The third kappa shape index (κ3) is 6.95. The number of hydrogen-bond donors (Lipinski definition) is 0. The Morgan fingerprint density at radius 1 is 0.800 bits per heavy atom. The zero-order chi connectivity index (χ0) is 15.3. The molecule has 0 aromatic carbocycles. The van der Waals surface area contributed by atoms with Gasteiger partial charge in [0.25, 0.3) is 0 Å². The zero-order valence-electron chi connectivity index (χ0n) is 14.9. The maximum Gasteiger partial charge on any atom is -0.0176 e. The Balaban J connectivity index is 5.10. The first-order chi connectivity index (χ1) is 9.70. The minimum atomic E-state index is 0.502. The Morgan fingerprint density at radius 3 is 2.00 bits per heavy atom. The summed E-state index contributed by atoms with van der Waals surface area (Å²) in [6, 6.07) is 0. The fourth-order valence-corrected chi connectivity index (χ4v) is 3.51. The number of rotatable bonds is 13. The SMILES string of the molecule is CC=CCC(CCC)(CCCC)[C](CCC)CCCC. The van der Waals surface area contributed by atoms with Crippen molar-refractivity contribution in [3.8, 4) is 0 Å². The van der Waals surface area contributed by atoms with Crippen molar-refractivity contribution in [3.05, 3.63) is 18.1 Å². The first kappa shape index (κ1) is 19.7. The van der Waals surface area contributed by atoms with Crippen molar-refractivity contribution in [1.82, 2.24) is 0 Å². The van der Waals surface area contributed by atoms with E-state index >= 15 is 0 Å². The van der Waals surface area contributed by atoms with Crippen LogP contribution in [0.3, 0.4) is 0 Å². The van der Waals surface area contributed by atoms with Crippen LogP contribution in [0.15, 0.2) is 12.2 Å². The lowest BCUT2D eigenvalue weighted by atomic mass is 9.64. The Kier molecular flexibility index (Phi) is 12.3. The van der Waals surface area contributed by atoms with E-state index in [9.17, 15) is 0 Å². The topological polar surface area (TPSA) is 0 Å². The van der Waals surface area contributed by atoms with Gasteiger partial charge in [0.05, 0.1) is 0 Å². The van der Waals surface area contributed by atoms with Crippen LogP contribution in [0.2, 0.25) is 0 Å². The first-order valence-corrected chi connectivity index (χ1v) is 9.17.